The highest BCUT2D eigenvalue weighted by Crippen LogP contribution is 2.44. The van der Waals surface area contributed by atoms with Gasteiger partial charge in [0.15, 0.2) is 46.6 Å². The zero-order chi connectivity index (χ0) is 81.1. The minimum absolute atomic E-state index is 0.382. The number of nitrogens with zero attached hydrogens (tertiary/aromatic N) is 10. The SMILES string of the molecule is Brc1cccc(-c2nc(-c3ccccc3)nc(-c3ccccc3)n2)c1.CC1(C)OB(c2cccc(-c3cccc(-c4nc(-c5ccccc5)nc5c4sc4ccccc45)c3)c2)OC1(C)C.c1ccc(-c2nc(-c3ccccc3)nc(-c3cccc(-c4cccc(-c5cccc(-c6nc(-c7ccccc7)nc7c6sc6ccccc67)c5)c4)c3)n2)cc1. The van der Waals surface area contributed by atoms with E-state index in [-0.39, 0.29) is 11.2 Å². The maximum atomic E-state index is 6.33. The molecule has 1 aliphatic rings. The number of rotatable bonds is 14. The summed E-state index contributed by atoms with van der Waals surface area (Å²) in [6.07, 6.45) is 0. The first-order valence-corrected chi connectivity index (χ1v) is 42.1. The van der Waals surface area contributed by atoms with Gasteiger partial charge in [-0.25, -0.2) is 49.8 Å². The van der Waals surface area contributed by atoms with Crippen LogP contribution in [0, 0.1) is 0 Å². The van der Waals surface area contributed by atoms with Crippen LogP contribution in [0.4, 0.5) is 0 Å². The summed E-state index contributed by atoms with van der Waals surface area (Å²) in [5.74, 6) is 5.38. The van der Waals surface area contributed by atoms with Crippen molar-refractivity contribution in [2.24, 2.45) is 0 Å². The lowest BCUT2D eigenvalue weighted by Crippen LogP contribution is -2.41. The van der Waals surface area contributed by atoms with Crippen molar-refractivity contribution in [1.29, 1.82) is 0 Å². The molecule has 574 valence electrons. The summed E-state index contributed by atoms with van der Waals surface area (Å²) >= 11 is 7.01. The van der Waals surface area contributed by atoms with Crippen molar-refractivity contribution in [2.45, 2.75) is 38.9 Å². The van der Waals surface area contributed by atoms with Crippen molar-refractivity contribution in [3.8, 4) is 147 Å². The lowest BCUT2D eigenvalue weighted by atomic mass is 9.78. The third kappa shape index (κ3) is 16.0. The van der Waals surface area contributed by atoms with Gasteiger partial charge in [-0.3, -0.25) is 0 Å². The molecular weight excluding hydrogens is 1580 g/mol. The smallest absolute Gasteiger partial charge is 0.399 e. The molecule has 7 heterocycles. The van der Waals surface area contributed by atoms with Crippen LogP contribution in [0.15, 0.2) is 381 Å². The van der Waals surface area contributed by atoms with Crippen molar-refractivity contribution >= 4 is 91.8 Å². The molecule has 12 nitrogen and oxygen atoms in total. The first-order valence-electron chi connectivity index (χ1n) is 39.7. The fourth-order valence-electron chi connectivity index (χ4n) is 14.8. The van der Waals surface area contributed by atoms with E-state index in [1.54, 1.807) is 22.7 Å². The van der Waals surface area contributed by atoms with Crippen molar-refractivity contribution in [2.75, 3.05) is 0 Å². The quantitative estimate of drug-likeness (QED) is 0.0955. The minimum atomic E-state index is -0.401. The van der Waals surface area contributed by atoms with Gasteiger partial charge >= 0.3 is 7.12 Å². The average molecular weight is 1650 g/mol. The van der Waals surface area contributed by atoms with Crippen LogP contribution in [0.25, 0.3) is 188 Å². The molecule has 0 atom stereocenters. The standard InChI is InChI=1S/C49H31N5S.C34H29BN2O2S.C21H14BrN3/c1-4-15-32(16-5-1)46-50-43(45-44(51-46)41-27-10-11-28-42(41)55-45)39-25-13-23-37(30-39)35-21-12-22-36(29-35)38-24-14-26-40(31-38)49-53-47(33-17-6-2-7-18-33)52-48(54-49)34-19-8-3-9-20-34;1-33(2)34(3,4)39-35(38-33)26-17-11-15-24(21-26)23-14-10-16-25(20-23)29-31-30(27-18-8-9-19-28(27)40-31)37-32(36-29)22-12-6-5-7-13-22;22-18-13-7-12-17(14-18)21-24-19(15-8-3-1-4-9-15)23-20(25-21)16-10-5-2-6-11-16/h1-31H;5-21H,1-4H3;1-14H. The van der Waals surface area contributed by atoms with Crippen molar-refractivity contribution < 1.29 is 9.31 Å². The Labute approximate surface area is 712 Å². The maximum absolute atomic E-state index is 6.33. The molecule has 20 aromatic rings. The van der Waals surface area contributed by atoms with Crippen LogP contribution in [0.5, 0.6) is 0 Å². The molecule has 0 unspecified atom stereocenters. The highest BCUT2D eigenvalue weighted by atomic mass is 79.9. The van der Waals surface area contributed by atoms with Crippen LogP contribution in [0.1, 0.15) is 27.7 Å². The van der Waals surface area contributed by atoms with Crippen molar-refractivity contribution in [3.05, 3.63) is 381 Å². The molecule has 0 amide bonds. The lowest BCUT2D eigenvalue weighted by molar-refractivity contribution is 0.00578. The average Bonchev–Trinajstić information content (AvgIpc) is 1.60. The Balaban J connectivity index is 0.000000128. The van der Waals surface area contributed by atoms with Crippen molar-refractivity contribution in [3.63, 3.8) is 0 Å². The van der Waals surface area contributed by atoms with Gasteiger partial charge in [-0.05, 0) is 115 Å². The Morgan fingerprint density at radius 2 is 0.483 bits per heavy atom. The zero-order valence-electron chi connectivity index (χ0n) is 65.9. The molecule has 120 heavy (non-hydrogen) atoms. The molecule has 0 radical (unpaired) electrons. The molecule has 1 saturated heterocycles. The van der Waals surface area contributed by atoms with Crippen LogP contribution in [0.3, 0.4) is 0 Å². The second kappa shape index (κ2) is 33.3. The predicted molar refractivity (Wildman–Crippen MR) is 497 cm³/mol. The Bertz CT molecular complexity index is 7020. The van der Waals surface area contributed by atoms with Gasteiger partial charge in [0, 0.05) is 80.3 Å². The van der Waals surface area contributed by atoms with E-state index in [1.807, 2.05) is 182 Å². The van der Waals surface area contributed by atoms with E-state index >= 15 is 0 Å². The van der Waals surface area contributed by atoms with Gasteiger partial charge in [0.05, 0.1) is 43.0 Å². The van der Waals surface area contributed by atoms with Crippen LogP contribution in [-0.2, 0) is 9.31 Å². The van der Waals surface area contributed by atoms with Gasteiger partial charge in [0.1, 0.15) is 0 Å². The summed E-state index contributed by atoms with van der Waals surface area (Å²) in [7, 11) is -0.401. The largest absolute Gasteiger partial charge is 0.494 e. The first-order chi connectivity index (χ1) is 58.8. The molecule has 16 heteroatoms. The topological polar surface area (TPSA) is 147 Å². The molecule has 0 saturated carbocycles. The van der Waals surface area contributed by atoms with Crippen LogP contribution >= 0.6 is 38.6 Å². The van der Waals surface area contributed by atoms with Gasteiger partial charge in [-0.15, -0.1) is 22.7 Å². The number of benzene rings is 14. The summed E-state index contributed by atoms with van der Waals surface area (Å²) in [6.45, 7) is 8.34. The zero-order valence-corrected chi connectivity index (χ0v) is 69.1. The molecule has 6 aromatic heterocycles. The Hall–Kier alpha value is -13.8. The summed E-state index contributed by atoms with van der Waals surface area (Å²) in [5.41, 5.74) is 20.6. The molecule has 0 spiro atoms. The second-order valence-electron chi connectivity index (χ2n) is 30.2. The van der Waals surface area contributed by atoms with E-state index in [9.17, 15) is 0 Å². The number of hydrogen-bond acceptors (Lipinski definition) is 14. The number of hydrogen-bond donors (Lipinski definition) is 0. The Morgan fingerprint density at radius 1 is 0.233 bits per heavy atom. The van der Waals surface area contributed by atoms with Gasteiger partial charge in [-0.1, -0.05) is 344 Å². The second-order valence-corrected chi connectivity index (χ2v) is 33.2. The van der Waals surface area contributed by atoms with Crippen LogP contribution in [0.2, 0.25) is 0 Å². The van der Waals surface area contributed by atoms with Gasteiger partial charge in [-0.2, -0.15) is 0 Å². The number of thiophene rings is 2. The molecule has 0 N–H and O–H groups in total. The normalized spacial score (nSPS) is 12.8. The molecule has 0 aliphatic carbocycles. The lowest BCUT2D eigenvalue weighted by Gasteiger charge is -2.32. The summed E-state index contributed by atoms with van der Waals surface area (Å²) in [6, 6.07) is 128. The van der Waals surface area contributed by atoms with Crippen molar-refractivity contribution in [1.82, 2.24) is 49.8 Å². The minimum Gasteiger partial charge on any atom is -0.399 e. The number of halogens is 1. The van der Waals surface area contributed by atoms with E-state index in [1.165, 1.54) is 9.40 Å². The molecule has 0 bridgehead atoms. The maximum Gasteiger partial charge on any atom is 0.494 e. The van der Waals surface area contributed by atoms with Gasteiger partial charge in [0.25, 0.3) is 0 Å². The van der Waals surface area contributed by atoms with E-state index in [0.717, 1.165) is 153 Å². The molecular formula is C104H74BBrN10O2S2. The summed E-state index contributed by atoms with van der Waals surface area (Å²) in [4.78, 5) is 49.4. The summed E-state index contributed by atoms with van der Waals surface area (Å²) < 4.78 is 18.3. The van der Waals surface area contributed by atoms with E-state index in [0.29, 0.717) is 34.9 Å². The van der Waals surface area contributed by atoms with E-state index < -0.39 is 7.12 Å². The monoisotopic (exact) mass is 1650 g/mol. The van der Waals surface area contributed by atoms with E-state index in [4.69, 9.17) is 54.2 Å². The van der Waals surface area contributed by atoms with Crippen LogP contribution in [-0.4, -0.2) is 68.2 Å². The first kappa shape index (κ1) is 76.2. The third-order valence-corrected chi connectivity index (χ3v) is 24.5. The highest BCUT2D eigenvalue weighted by Gasteiger charge is 2.51. The number of aromatic nitrogens is 10. The molecule has 21 rings (SSSR count). The fourth-order valence-corrected chi connectivity index (χ4v) is 17.5. The van der Waals surface area contributed by atoms with E-state index in [2.05, 4.69) is 243 Å². The Morgan fingerprint density at radius 3 is 0.833 bits per heavy atom. The van der Waals surface area contributed by atoms with Gasteiger partial charge in [0.2, 0.25) is 0 Å². The predicted octanol–water partition coefficient (Wildman–Crippen LogP) is 26.5. The van der Waals surface area contributed by atoms with Crippen LogP contribution < -0.4 is 5.46 Å². The Kier molecular flexibility index (Phi) is 21.1. The highest BCUT2D eigenvalue weighted by molar-refractivity contribution is 9.10. The molecule has 14 aromatic carbocycles. The third-order valence-electron chi connectivity index (χ3n) is 21.7. The molecule has 1 fully saturated rings. The molecule has 1 aliphatic heterocycles. The van der Waals surface area contributed by atoms with Gasteiger partial charge < -0.3 is 9.31 Å². The summed E-state index contributed by atoms with van der Waals surface area (Å²) in [5, 5.41) is 2.31. The fraction of sp³-hybridized carbons (Fsp3) is 0.0577. The number of fused-ring (bicyclic) bond motifs is 6.